The van der Waals surface area contributed by atoms with Crippen molar-refractivity contribution < 1.29 is 4.79 Å². The molecule has 1 aromatic carbocycles. The highest BCUT2D eigenvalue weighted by Crippen LogP contribution is 2.30. The molecule has 2 heterocycles. The molecule has 1 amide bonds. The highest BCUT2D eigenvalue weighted by molar-refractivity contribution is 8.02. The van der Waals surface area contributed by atoms with E-state index in [1.54, 1.807) is 12.1 Å². The van der Waals surface area contributed by atoms with E-state index >= 15 is 0 Å². The van der Waals surface area contributed by atoms with Gasteiger partial charge in [-0.3, -0.25) is 4.79 Å². The Kier molecular flexibility index (Phi) is 5.85. The maximum absolute atomic E-state index is 12.2. The van der Waals surface area contributed by atoms with E-state index in [0.29, 0.717) is 20.3 Å². The van der Waals surface area contributed by atoms with Crippen molar-refractivity contribution in [3.63, 3.8) is 0 Å². The summed E-state index contributed by atoms with van der Waals surface area (Å²) in [7, 11) is 0. The van der Waals surface area contributed by atoms with Crippen LogP contribution >= 0.6 is 34.7 Å². The number of carbonyl (C=O) groups is 1. The monoisotopic (exact) mass is 391 g/mol. The molecule has 0 fully saturated rings. The van der Waals surface area contributed by atoms with Crippen LogP contribution in [0.5, 0.6) is 0 Å². The Labute approximate surface area is 158 Å². The Morgan fingerprint density at radius 2 is 2.00 bits per heavy atom. The molecule has 0 radical (unpaired) electrons. The van der Waals surface area contributed by atoms with Gasteiger partial charge in [-0.2, -0.15) is 0 Å². The van der Waals surface area contributed by atoms with Crippen molar-refractivity contribution in [2.75, 3.05) is 10.6 Å². The molecule has 25 heavy (non-hydrogen) atoms. The van der Waals surface area contributed by atoms with Gasteiger partial charge in [0.15, 0.2) is 4.34 Å². The molecule has 2 N–H and O–H groups in total. The smallest absolute Gasteiger partial charge is 0.238 e. The summed E-state index contributed by atoms with van der Waals surface area (Å²) in [5.41, 5.74) is 0.940. The van der Waals surface area contributed by atoms with E-state index in [-0.39, 0.29) is 11.2 Å². The molecule has 0 saturated heterocycles. The first-order valence-electron chi connectivity index (χ1n) is 7.35. The van der Waals surface area contributed by atoms with E-state index in [0.717, 1.165) is 5.69 Å². The minimum atomic E-state index is -0.338. The number of halogens is 1. The Morgan fingerprint density at radius 1 is 1.20 bits per heavy atom. The van der Waals surface area contributed by atoms with E-state index in [1.807, 2.05) is 37.3 Å². The second kappa shape index (κ2) is 8.28. The number of benzene rings is 1. The summed E-state index contributed by atoms with van der Waals surface area (Å²) >= 11 is 8.52. The van der Waals surface area contributed by atoms with Gasteiger partial charge in [-0.15, -0.1) is 10.2 Å². The van der Waals surface area contributed by atoms with Gasteiger partial charge in [-0.1, -0.05) is 52.9 Å². The van der Waals surface area contributed by atoms with Crippen LogP contribution in [0.15, 0.2) is 53.0 Å². The van der Waals surface area contributed by atoms with Gasteiger partial charge in [0.2, 0.25) is 11.0 Å². The SMILES string of the molecule is CC(Sc1nnc(Nc2ccccc2)s1)C(=O)Nc1ccc(Cl)cn1. The highest BCUT2D eigenvalue weighted by atomic mass is 35.5. The lowest BCUT2D eigenvalue weighted by molar-refractivity contribution is -0.115. The van der Waals surface area contributed by atoms with Crippen molar-refractivity contribution in [2.24, 2.45) is 0 Å². The molecule has 3 aromatic rings. The number of nitrogens with zero attached hydrogens (tertiary/aromatic N) is 3. The standard InChI is InChI=1S/C16H14ClN5OS2/c1-10(14(23)20-13-8-7-11(17)9-18-13)24-16-22-21-15(25-16)19-12-5-3-2-4-6-12/h2-10H,1H3,(H,19,21)(H,18,20,23). The molecule has 128 valence electrons. The average Bonchev–Trinajstić information content (AvgIpc) is 3.04. The number of thioether (sulfide) groups is 1. The summed E-state index contributed by atoms with van der Waals surface area (Å²) in [6.07, 6.45) is 1.49. The van der Waals surface area contributed by atoms with Crippen LogP contribution in [-0.2, 0) is 4.79 Å². The molecule has 9 heteroatoms. The van der Waals surface area contributed by atoms with Crippen molar-refractivity contribution >= 4 is 57.2 Å². The fourth-order valence-electron chi connectivity index (χ4n) is 1.84. The third kappa shape index (κ3) is 5.15. The Balaban J connectivity index is 1.56. The minimum absolute atomic E-state index is 0.160. The zero-order chi connectivity index (χ0) is 17.6. The Bertz CT molecular complexity index is 841. The van der Waals surface area contributed by atoms with Gasteiger partial charge >= 0.3 is 0 Å². The molecule has 0 saturated carbocycles. The van der Waals surface area contributed by atoms with Gasteiger partial charge in [0.25, 0.3) is 0 Å². The predicted octanol–water partition coefficient (Wildman–Crippen LogP) is 4.45. The molecule has 0 bridgehead atoms. The van der Waals surface area contributed by atoms with E-state index in [9.17, 15) is 4.79 Å². The fourth-order valence-corrected chi connectivity index (χ4v) is 3.86. The summed E-state index contributed by atoms with van der Waals surface area (Å²) in [4.78, 5) is 16.3. The van der Waals surface area contributed by atoms with Crippen LogP contribution < -0.4 is 10.6 Å². The molecular formula is C16H14ClN5OS2. The third-order valence-corrected chi connectivity index (χ3v) is 5.30. The zero-order valence-corrected chi connectivity index (χ0v) is 15.5. The Morgan fingerprint density at radius 3 is 2.72 bits per heavy atom. The van der Waals surface area contributed by atoms with Crippen LogP contribution in [0, 0.1) is 0 Å². The van der Waals surface area contributed by atoms with Crippen LogP contribution in [0.2, 0.25) is 5.02 Å². The second-order valence-electron chi connectivity index (χ2n) is 4.98. The first-order chi connectivity index (χ1) is 12.1. The summed E-state index contributed by atoms with van der Waals surface area (Å²) in [6.45, 7) is 1.81. The van der Waals surface area contributed by atoms with Crippen molar-refractivity contribution in [2.45, 2.75) is 16.5 Å². The molecule has 6 nitrogen and oxygen atoms in total. The number of pyridine rings is 1. The molecule has 0 aliphatic heterocycles. The van der Waals surface area contributed by atoms with E-state index in [1.165, 1.54) is 29.3 Å². The number of aromatic nitrogens is 3. The quantitative estimate of drug-likeness (QED) is 0.604. The maximum atomic E-state index is 12.2. The number of amides is 1. The van der Waals surface area contributed by atoms with Gasteiger partial charge in [0.1, 0.15) is 5.82 Å². The summed E-state index contributed by atoms with van der Waals surface area (Å²) < 4.78 is 0.713. The topological polar surface area (TPSA) is 79.8 Å². The largest absolute Gasteiger partial charge is 0.330 e. The molecule has 0 aliphatic carbocycles. The molecule has 1 atom stereocenters. The normalized spacial score (nSPS) is 11.8. The van der Waals surface area contributed by atoms with E-state index in [2.05, 4.69) is 25.8 Å². The van der Waals surface area contributed by atoms with E-state index in [4.69, 9.17) is 11.6 Å². The maximum Gasteiger partial charge on any atom is 0.238 e. The van der Waals surface area contributed by atoms with Gasteiger partial charge < -0.3 is 10.6 Å². The van der Waals surface area contributed by atoms with Crippen LogP contribution in [-0.4, -0.2) is 26.3 Å². The Hall–Kier alpha value is -2.16. The summed E-state index contributed by atoms with van der Waals surface area (Å²) in [5, 5.41) is 15.0. The van der Waals surface area contributed by atoms with Gasteiger partial charge in [-0.25, -0.2) is 4.98 Å². The number of anilines is 3. The van der Waals surface area contributed by atoms with Gasteiger partial charge in [0, 0.05) is 11.9 Å². The minimum Gasteiger partial charge on any atom is -0.330 e. The van der Waals surface area contributed by atoms with Crippen LogP contribution in [0.4, 0.5) is 16.6 Å². The number of rotatable bonds is 6. The molecule has 0 aliphatic rings. The zero-order valence-electron chi connectivity index (χ0n) is 13.1. The lowest BCUT2D eigenvalue weighted by Crippen LogP contribution is -2.22. The number of hydrogen-bond acceptors (Lipinski definition) is 7. The van der Waals surface area contributed by atoms with E-state index < -0.39 is 0 Å². The molecular weight excluding hydrogens is 378 g/mol. The van der Waals surface area contributed by atoms with Crippen LogP contribution in [0.25, 0.3) is 0 Å². The number of para-hydroxylation sites is 1. The molecule has 2 aromatic heterocycles. The molecule has 0 spiro atoms. The lowest BCUT2D eigenvalue weighted by Gasteiger charge is -2.09. The fraction of sp³-hybridized carbons (Fsp3) is 0.125. The number of carbonyl (C=O) groups excluding carboxylic acids is 1. The van der Waals surface area contributed by atoms with Gasteiger partial charge in [-0.05, 0) is 31.2 Å². The van der Waals surface area contributed by atoms with Crippen LogP contribution in [0.3, 0.4) is 0 Å². The molecule has 1 unspecified atom stereocenters. The van der Waals surface area contributed by atoms with Crippen molar-refractivity contribution in [3.05, 3.63) is 53.7 Å². The third-order valence-electron chi connectivity index (χ3n) is 3.06. The van der Waals surface area contributed by atoms with Crippen molar-refractivity contribution in [3.8, 4) is 0 Å². The van der Waals surface area contributed by atoms with Crippen LogP contribution in [0.1, 0.15) is 6.92 Å². The van der Waals surface area contributed by atoms with Crippen molar-refractivity contribution in [1.29, 1.82) is 0 Å². The number of hydrogen-bond donors (Lipinski definition) is 2. The van der Waals surface area contributed by atoms with Crippen molar-refractivity contribution in [1.82, 2.24) is 15.2 Å². The highest BCUT2D eigenvalue weighted by Gasteiger charge is 2.17. The lowest BCUT2D eigenvalue weighted by atomic mass is 10.3. The first-order valence-corrected chi connectivity index (χ1v) is 9.42. The predicted molar refractivity (Wildman–Crippen MR) is 103 cm³/mol. The summed E-state index contributed by atoms with van der Waals surface area (Å²) in [5.74, 6) is 0.304. The molecule has 3 rings (SSSR count). The second-order valence-corrected chi connectivity index (χ2v) is 7.98. The van der Waals surface area contributed by atoms with Gasteiger partial charge in [0.05, 0.1) is 10.3 Å². The average molecular weight is 392 g/mol. The first kappa shape index (κ1) is 17.7. The summed E-state index contributed by atoms with van der Waals surface area (Å²) in [6, 6.07) is 13.1. The number of nitrogens with one attached hydrogen (secondary N) is 2.